The summed E-state index contributed by atoms with van der Waals surface area (Å²) in [5, 5.41) is 3.18. The Morgan fingerprint density at radius 2 is 2.11 bits per heavy atom. The fraction of sp³-hybridized carbons (Fsp3) is 0.478. The summed E-state index contributed by atoms with van der Waals surface area (Å²) < 4.78 is 0. The zero-order valence-corrected chi connectivity index (χ0v) is 18.4. The molecule has 0 unspecified atom stereocenters. The van der Waals surface area contributed by atoms with E-state index in [2.05, 4.69) is 68.0 Å². The molecular weight excluding hydrogens is 366 g/mol. The van der Waals surface area contributed by atoms with Gasteiger partial charge in [-0.2, -0.15) is 0 Å². The molecule has 1 aromatic carbocycles. The van der Waals surface area contributed by atoms with Gasteiger partial charge in [0.2, 0.25) is 5.91 Å². The number of aromatic nitrogens is 1. The third-order valence-corrected chi connectivity index (χ3v) is 5.79. The fourth-order valence-electron chi connectivity index (χ4n) is 3.60. The minimum Gasteiger partial charge on any atom is -0.367 e. The monoisotopic (exact) mass is 397 g/mol. The van der Waals surface area contributed by atoms with Crippen molar-refractivity contribution < 1.29 is 4.79 Å². The van der Waals surface area contributed by atoms with Gasteiger partial charge in [0.05, 0.1) is 5.69 Å². The molecule has 150 valence electrons. The molecule has 0 fully saturated rings. The molecule has 0 radical (unpaired) electrons. The number of benzene rings is 1. The molecule has 0 saturated heterocycles. The molecule has 0 aliphatic carbocycles. The minimum absolute atomic E-state index is 0.0226. The predicted octanol–water partition coefficient (Wildman–Crippen LogP) is 5.44. The molecule has 1 N–H and O–H groups in total. The van der Waals surface area contributed by atoms with Gasteiger partial charge >= 0.3 is 0 Å². The van der Waals surface area contributed by atoms with Gasteiger partial charge in [-0.25, -0.2) is 0 Å². The zero-order chi connectivity index (χ0) is 20.3. The van der Waals surface area contributed by atoms with E-state index in [9.17, 15) is 4.79 Å². The molecular formula is C23H31N3OS. The molecule has 0 bridgehead atoms. The highest BCUT2D eigenvalue weighted by Gasteiger charge is 2.21. The molecule has 28 heavy (non-hydrogen) atoms. The lowest BCUT2D eigenvalue weighted by molar-refractivity contribution is -0.117. The van der Waals surface area contributed by atoms with Crippen molar-refractivity contribution in [2.45, 2.75) is 58.9 Å². The van der Waals surface area contributed by atoms with Crippen molar-refractivity contribution in [1.82, 2.24) is 4.98 Å². The first-order valence-corrected chi connectivity index (χ1v) is 11.0. The van der Waals surface area contributed by atoms with Crippen LogP contribution in [0.25, 0.3) is 0 Å². The van der Waals surface area contributed by atoms with Crippen molar-refractivity contribution in [2.24, 2.45) is 5.41 Å². The maximum Gasteiger partial charge on any atom is 0.224 e. The number of carbonyl (C=O) groups excluding carboxylic acids is 1. The second kappa shape index (κ2) is 8.56. The molecule has 5 heteroatoms. The molecule has 0 atom stereocenters. The number of hydrogen-bond acceptors (Lipinski definition) is 4. The Labute approximate surface area is 173 Å². The molecule has 1 aliphatic heterocycles. The van der Waals surface area contributed by atoms with Crippen LogP contribution in [0.5, 0.6) is 0 Å². The van der Waals surface area contributed by atoms with E-state index in [-0.39, 0.29) is 11.3 Å². The van der Waals surface area contributed by atoms with Crippen molar-refractivity contribution >= 4 is 29.0 Å². The maximum atomic E-state index is 12.5. The van der Waals surface area contributed by atoms with Gasteiger partial charge in [0.25, 0.3) is 0 Å². The summed E-state index contributed by atoms with van der Waals surface area (Å²) in [4.78, 5) is 20.6. The Morgan fingerprint density at radius 3 is 2.82 bits per heavy atom. The lowest BCUT2D eigenvalue weighted by Gasteiger charge is -2.31. The molecule has 2 heterocycles. The van der Waals surface area contributed by atoms with Gasteiger partial charge in [-0.1, -0.05) is 33.8 Å². The number of fused-ring (bicyclic) bond motifs is 1. The van der Waals surface area contributed by atoms with Crippen LogP contribution < -0.4 is 10.2 Å². The van der Waals surface area contributed by atoms with Gasteiger partial charge in [-0.05, 0) is 47.4 Å². The first kappa shape index (κ1) is 20.7. The third kappa shape index (κ3) is 5.07. The van der Waals surface area contributed by atoms with Crippen LogP contribution in [-0.2, 0) is 17.8 Å². The first-order valence-electron chi connectivity index (χ1n) is 10.0. The number of rotatable bonds is 5. The number of hydrogen-bond donors (Lipinski definition) is 1. The Morgan fingerprint density at radius 1 is 1.32 bits per heavy atom. The van der Waals surface area contributed by atoms with E-state index in [4.69, 9.17) is 0 Å². The lowest BCUT2D eigenvalue weighted by Crippen LogP contribution is -2.31. The van der Waals surface area contributed by atoms with Crippen LogP contribution in [0, 0.1) is 12.3 Å². The molecule has 1 aliphatic rings. The molecule has 3 rings (SSSR count). The van der Waals surface area contributed by atoms with Crippen molar-refractivity contribution in [3.63, 3.8) is 0 Å². The average molecular weight is 398 g/mol. The summed E-state index contributed by atoms with van der Waals surface area (Å²) >= 11 is 1.79. The van der Waals surface area contributed by atoms with Gasteiger partial charge in [0.1, 0.15) is 0 Å². The van der Waals surface area contributed by atoms with Crippen molar-refractivity contribution in [1.29, 1.82) is 0 Å². The topological polar surface area (TPSA) is 45.2 Å². The summed E-state index contributed by atoms with van der Waals surface area (Å²) in [6.45, 7) is 12.4. The number of nitrogens with one attached hydrogen (secondary N) is 1. The number of aryl methyl sites for hydroxylation is 1. The number of anilines is 2. The normalized spacial score (nSPS) is 14.0. The van der Waals surface area contributed by atoms with Gasteiger partial charge in [0, 0.05) is 48.4 Å². The maximum absolute atomic E-state index is 12.5. The predicted molar refractivity (Wildman–Crippen MR) is 119 cm³/mol. The quantitative estimate of drug-likeness (QED) is 0.683. The van der Waals surface area contributed by atoms with Crippen LogP contribution in [0.1, 0.15) is 50.9 Å². The largest absolute Gasteiger partial charge is 0.367 e. The van der Waals surface area contributed by atoms with E-state index < -0.39 is 0 Å². The van der Waals surface area contributed by atoms with Crippen LogP contribution >= 0.6 is 11.8 Å². The summed E-state index contributed by atoms with van der Waals surface area (Å²) in [7, 11) is 0. The molecule has 0 spiro atoms. The van der Waals surface area contributed by atoms with E-state index >= 15 is 0 Å². The highest BCUT2D eigenvalue weighted by Crippen LogP contribution is 2.36. The second-order valence-electron chi connectivity index (χ2n) is 8.64. The standard InChI is InChI=1S/C23H31N3OS/c1-6-28-20-13-18(26-11-9-19-17(15-26)8-7-10-24-19)12-16(2)22(20)25-21(27)14-23(3,4)5/h7-8,10,12-13H,6,9,11,14-15H2,1-5H3,(H,25,27). The Kier molecular flexibility index (Phi) is 6.33. The number of thioether (sulfide) groups is 1. The molecule has 4 nitrogen and oxygen atoms in total. The number of pyridine rings is 1. The molecule has 2 aromatic rings. The van der Waals surface area contributed by atoms with Crippen LogP contribution in [0.2, 0.25) is 0 Å². The zero-order valence-electron chi connectivity index (χ0n) is 17.6. The van der Waals surface area contributed by atoms with Crippen LogP contribution in [-0.4, -0.2) is 23.2 Å². The van der Waals surface area contributed by atoms with Crippen molar-refractivity contribution in [3.8, 4) is 0 Å². The number of carbonyl (C=O) groups is 1. The lowest BCUT2D eigenvalue weighted by atomic mass is 9.92. The van der Waals surface area contributed by atoms with Crippen molar-refractivity contribution in [3.05, 3.63) is 47.3 Å². The smallest absolute Gasteiger partial charge is 0.224 e. The highest BCUT2D eigenvalue weighted by atomic mass is 32.2. The molecule has 1 amide bonds. The Bertz CT molecular complexity index is 857. The number of nitrogens with zero attached hydrogens (tertiary/aromatic N) is 2. The van der Waals surface area contributed by atoms with E-state index in [1.165, 1.54) is 16.9 Å². The summed E-state index contributed by atoms with van der Waals surface area (Å²) in [6, 6.07) is 8.62. The SMILES string of the molecule is CCSc1cc(N2CCc3ncccc3C2)cc(C)c1NC(=O)CC(C)(C)C. The van der Waals surface area contributed by atoms with Crippen LogP contribution in [0.4, 0.5) is 11.4 Å². The highest BCUT2D eigenvalue weighted by molar-refractivity contribution is 7.99. The fourth-order valence-corrected chi connectivity index (χ4v) is 4.47. The van der Waals surface area contributed by atoms with E-state index in [1.807, 2.05) is 12.3 Å². The van der Waals surface area contributed by atoms with Gasteiger partial charge < -0.3 is 10.2 Å². The Hall–Kier alpha value is -2.01. The van der Waals surface area contributed by atoms with Gasteiger partial charge in [0.15, 0.2) is 0 Å². The van der Waals surface area contributed by atoms with E-state index in [1.54, 1.807) is 11.8 Å². The van der Waals surface area contributed by atoms with Gasteiger partial charge in [-0.3, -0.25) is 9.78 Å². The van der Waals surface area contributed by atoms with Crippen molar-refractivity contribution in [2.75, 3.05) is 22.5 Å². The summed E-state index contributed by atoms with van der Waals surface area (Å²) in [5.74, 6) is 1.05. The Balaban J connectivity index is 1.86. The summed E-state index contributed by atoms with van der Waals surface area (Å²) in [5.41, 5.74) is 5.79. The molecule has 0 saturated carbocycles. The van der Waals surface area contributed by atoms with Crippen LogP contribution in [0.3, 0.4) is 0 Å². The summed E-state index contributed by atoms with van der Waals surface area (Å²) in [6.07, 6.45) is 3.36. The first-order chi connectivity index (χ1) is 13.3. The number of amides is 1. The third-order valence-electron chi connectivity index (χ3n) is 4.87. The van der Waals surface area contributed by atoms with Crippen LogP contribution in [0.15, 0.2) is 35.4 Å². The van der Waals surface area contributed by atoms with E-state index in [0.717, 1.165) is 41.4 Å². The van der Waals surface area contributed by atoms with Gasteiger partial charge in [-0.15, -0.1) is 11.8 Å². The minimum atomic E-state index is -0.0226. The second-order valence-corrected chi connectivity index (χ2v) is 9.94. The van der Waals surface area contributed by atoms with E-state index in [0.29, 0.717) is 6.42 Å². The average Bonchev–Trinajstić information content (AvgIpc) is 2.62. The molecule has 1 aromatic heterocycles.